The van der Waals surface area contributed by atoms with Gasteiger partial charge in [0.25, 0.3) is 0 Å². The Morgan fingerprint density at radius 3 is 2.94 bits per heavy atom. The number of anilines is 1. The predicted molar refractivity (Wildman–Crippen MR) is 65.8 cm³/mol. The molecule has 8 nitrogen and oxygen atoms in total. The molecule has 0 saturated heterocycles. The van der Waals surface area contributed by atoms with Crippen molar-refractivity contribution in [1.82, 2.24) is 25.2 Å². The van der Waals surface area contributed by atoms with Crippen LogP contribution in [0.25, 0.3) is 0 Å². The Balaban J connectivity index is 1.92. The van der Waals surface area contributed by atoms with Gasteiger partial charge in [-0.3, -0.25) is 10.1 Å². The standard InChI is InChI=1S/C9H13N7OS/c1-2-8-13-14-9(18-8)11-7(17)5-16-4-6(3-10)12-15-16/h4H,2-3,5,10H2,1H3,(H,11,14,17). The van der Waals surface area contributed by atoms with E-state index in [0.717, 1.165) is 11.4 Å². The average Bonchev–Trinajstić information content (AvgIpc) is 2.98. The maximum atomic E-state index is 11.7. The number of aryl methyl sites for hydroxylation is 1. The molecule has 0 aliphatic carbocycles. The van der Waals surface area contributed by atoms with E-state index >= 15 is 0 Å². The summed E-state index contributed by atoms with van der Waals surface area (Å²) in [6, 6.07) is 0. The van der Waals surface area contributed by atoms with E-state index in [0.29, 0.717) is 17.4 Å². The zero-order chi connectivity index (χ0) is 13.0. The molecular formula is C9H13N7OS. The molecule has 2 aromatic heterocycles. The number of nitrogens with zero attached hydrogens (tertiary/aromatic N) is 5. The van der Waals surface area contributed by atoms with Gasteiger partial charge in [0.1, 0.15) is 11.6 Å². The van der Waals surface area contributed by atoms with Crippen LogP contribution in [-0.4, -0.2) is 31.1 Å². The molecule has 2 aromatic rings. The number of carbonyl (C=O) groups is 1. The summed E-state index contributed by atoms with van der Waals surface area (Å²) >= 11 is 1.36. The Bertz CT molecular complexity index is 488. The summed E-state index contributed by atoms with van der Waals surface area (Å²) in [4.78, 5) is 11.7. The smallest absolute Gasteiger partial charge is 0.247 e. The highest BCUT2D eigenvalue weighted by atomic mass is 32.1. The predicted octanol–water partition coefficient (Wildman–Crippen LogP) is -0.211. The topological polar surface area (TPSA) is 112 Å². The fraction of sp³-hybridized carbons (Fsp3) is 0.444. The summed E-state index contributed by atoms with van der Waals surface area (Å²) < 4.78 is 1.43. The second-order valence-corrected chi connectivity index (χ2v) is 4.58. The van der Waals surface area contributed by atoms with Crippen LogP contribution in [0, 0.1) is 0 Å². The largest absolute Gasteiger partial charge is 0.325 e. The van der Waals surface area contributed by atoms with Crippen LogP contribution in [0.1, 0.15) is 17.6 Å². The summed E-state index contributed by atoms with van der Waals surface area (Å²) in [5.41, 5.74) is 6.05. The first-order chi connectivity index (χ1) is 8.71. The fourth-order valence-corrected chi connectivity index (χ4v) is 1.96. The minimum Gasteiger partial charge on any atom is -0.325 e. The van der Waals surface area contributed by atoms with Crippen LogP contribution in [0.2, 0.25) is 0 Å². The number of hydrogen-bond acceptors (Lipinski definition) is 7. The van der Waals surface area contributed by atoms with Crippen molar-refractivity contribution in [2.24, 2.45) is 5.73 Å². The van der Waals surface area contributed by atoms with Crippen LogP contribution in [0.5, 0.6) is 0 Å². The number of aromatic nitrogens is 5. The van der Waals surface area contributed by atoms with Gasteiger partial charge in [0, 0.05) is 6.54 Å². The molecule has 96 valence electrons. The Hall–Kier alpha value is -1.87. The van der Waals surface area contributed by atoms with Crippen LogP contribution >= 0.6 is 11.3 Å². The van der Waals surface area contributed by atoms with Gasteiger partial charge < -0.3 is 5.73 Å². The second kappa shape index (κ2) is 5.65. The minimum absolute atomic E-state index is 0.0774. The molecule has 2 rings (SSSR count). The maximum Gasteiger partial charge on any atom is 0.247 e. The van der Waals surface area contributed by atoms with Gasteiger partial charge in [-0.05, 0) is 6.42 Å². The quantitative estimate of drug-likeness (QED) is 0.775. The molecule has 0 aliphatic heterocycles. The monoisotopic (exact) mass is 267 g/mol. The zero-order valence-corrected chi connectivity index (χ0v) is 10.6. The normalized spacial score (nSPS) is 10.6. The molecule has 2 heterocycles. The summed E-state index contributed by atoms with van der Waals surface area (Å²) in [5.74, 6) is -0.220. The molecule has 18 heavy (non-hydrogen) atoms. The van der Waals surface area contributed by atoms with Crippen molar-refractivity contribution in [2.45, 2.75) is 26.4 Å². The molecule has 0 fully saturated rings. The first-order valence-corrected chi connectivity index (χ1v) is 6.24. The second-order valence-electron chi connectivity index (χ2n) is 3.51. The van der Waals surface area contributed by atoms with Crippen LogP contribution < -0.4 is 11.1 Å². The maximum absolute atomic E-state index is 11.7. The molecular weight excluding hydrogens is 254 g/mol. The number of rotatable bonds is 5. The molecule has 0 spiro atoms. The van der Waals surface area contributed by atoms with Crippen molar-refractivity contribution < 1.29 is 4.79 Å². The molecule has 0 atom stereocenters. The lowest BCUT2D eigenvalue weighted by Crippen LogP contribution is -2.19. The molecule has 0 unspecified atom stereocenters. The molecule has 3 N–H and O–H groups in total. The number of nitrogens with two attached hydrogens (primary N) is 1. The minimum atomic E-state index is -0.220. The van der Waals surface area contributed by atoms with E-state index in [2.05, 4.69) is 25.8 Å². The Kier molecular flexibility index (Phi) is 3.95. The highest BCUT2D eigenvalue weighted by Crippen LogP contribution is 2.15. The van der Waals surface area contributed by atoms with E-state index in [-0.39, 0.29) is 12.5 Å². The molecule has 0 radical (unpaired) electrons. The third-order valence-electron chi connectivity index (χ3n) is 2.12. The van der Waals surface area contributed by atoms with Crippen LogP contribution in [0.4, 0.5) is 5.13 Å². The van der Waals surface area contributed by atoms with Gasteiger partial charge in [-0.2, -0.15) is 0 Å². The lowest BCUT2D eigenvalue weighted by atomic mass is 10.5. The van der Waals surface area contributed by atoms with Gasteiger partial charge in [-0.1, -0.05) is 23.5 Å². The third-order valence-corrected chi connectivity index (χ3v) is 3.10. The Labute approximate surface area is 107 Å². The van der Waals surface area contributed by atoms with E-state index in [1.165, 1.54) is 16.0 Å². The third kappa shape index (κ3) is 3.08. The zero-order valence-electron chi connectivity index (χ0n) is 9.83. The van der Waals surface area contributed by atoms with Crippen molar-refractivity contribution in [3.05, 3.63) is 16.9 Å². The van der Waals surface area contributed by atoms with E-state index < -0.39 is 0 Å². The first-order valence-electron chi connectivity index (χ1n) is 5.42. The van der Waals surface area contributed by atoms with E-state index in [1.54, 1.807) is 6.20 Å². The van der Waals surface area contributed by atoms with Crippen molar-refractivity contribution in [3.8, 4) is 0 Å². The number of carbonyl (C=O) groups excluding carboxylic acids is 1. The van der Waals surface area contributed by atoms with Crippen molar-refractivity contribution in [1.29, 1.82) is 0 Å². The van der Waals surface area contributed by atoms with Gasteiger partial charge in [0.05, 0.1) is 11.9 Å². The van der Waals surface area contributed by atoms with Crippen molar-refractivity contribution >= 4 is 22.4 Å². The summed E-state index contributed by atoms with van der Waals surface area (Å²) in [5, 5.41) is 19.4. The highest BCUT2D eigenvalue weighted by Gasteiger charge is 2.09. The molecule has 1 amide bonds. The van der Waals surface area contributed by atoms with E-state index in [1.807, 2.05) is 6.92 Å². The molecule has 0 aromatic carbocycles. The van der Waals surface area contributed by atoms with Crippen LogP contribution in [0.3, 0.4) is 0 Å². The van der Waals surface area contributed by atoms with Crippen molar-refractivity contribution in [3.63, 3.8) is 0 Å². The van der Waals surface area contributed by atoms with Gasteiger partial charge in [-0.15, -0.1) is 15.3 Å². The highest BCUT2D eigenvalue weighted by molar-refractivity contribution is 7.15. The van der Waals surface area contributed by atoms with Crippen LogP contribution in [-0.2, 0) is 24.3 Å². The lowest BCUT2D eigenvalue weighted by molar-refractivity contribution is -0.116. The van der Waals surface area contributed by atoms with E-state index in [4.69, 9.17) is 5.73 Å². The fourth-order valence-electron chi connectivity index (χ4n) is 1.26. The van der Waals surface area contributed by atoms with Crippen LogP contribution in [0.15, 0.2) is 6.20 Å². The molecule has 0 bridgehead atoms. The summed E-state index contributed by atoms with van der Waals surface area (Å²) in [6.07, 6.45) is 2.44. The molecule has 0 saturated carbocycles. The summed E-state index contributed by atoms with van der Waals surface area (Å²) in [6.45, 7) is 2.36. The number of hydrogen-bond donors (Lipinski definition) is 2. The molecule has 0 aliphatic rings. The lowest BCUT2D eigenvalue weighted by Gasteiger charge is -1.99. The molecule has 9 heteroatoms. The van der Waals surface area contributed by atoms with E-state index in [9.17, 15) is 4.79 Å². The van der Waals surface area contributed by atoms with Crippen molar-refractivity contribution in [2.75, 3.05) is 5.32 Å². The van der Waals surface area contributed by atoms with Gasteiger partial charge in [0.2, 0.25) is 11.0 Å². The van der Waals surface area contributed by atoms with Gasteiger partial charge in [-0.25, -0.2) is 4.68 Å². The SMILES string of the molecule is CCc1nnc(NC(=O)Cn2cc(CN)nn2)s1. The Morgan fingerprint density at radius 2 is 2.33 bits per heavy atom. The van der Waals surface area contributed by atoms with Gasteiger partial charge >= 0.3 is 0 Å². The summed E-state index contributed by atoms with van der Waals surface area (Å²) in [7, 11) is 0. The number of amides is 1. The Morgan fingerprint density at radius 1 is 1.50 bits per heavy atom. The number of nitrogens with one attached hydrogen (secondary N) is 1. The first kappa shape index (κ1) is 12.6. The average molecular weight is 267 g/mol. The van der Waals surface area contributed by atoms with Gasteiger partial charge in [0.15, 0.2) is 0 Å².